The Hall–Kier alpha value is 0.160. The first-order chi connectivity index (χ1) is 6.81. The number of halogens is 8. The molecule has 0 saturated heterocycles. The van der Waals surface area contributed by atoms with Gasteiger partial charge >= 0.3 is 12.4 Å². The molecule has 0 aromatic heterocycles. The van der Waals surface area contributed by atoms with E-state index in [9.17, 15) is 26.3 Å². The molecule has 0 aromatic carbocycles. The summed E-state index contributed by atoms with van der Waals surface area (Å²) in [5.41, 5.74) is -3.11. The van der Waals surface area contributed by atoms with Gasteiger partial charge in [0.05, 0.1) is 5.92 Å². The molecular formula is C8H8Cl2F6. The standard InChI is InChI=1S/C8H8Cl2F6/c1-3-5(6(3,9)10,8(14,15)16)4(2)7(11,12)13/h3-4H,1-2H3. The van der Waals surface area contributed by atoms with E-state index in [1.54, 1.807) is 0 Å². The van der Waals surface area contributed by atoms with Gasteiger partial charge in [-0.3, -0.25) is 0 Å². The lowest BCUT2D eigenvalue weighted by Gasteiger charge is -2.30. The Kier molecular flexibility index (Phi) is 2.97. The summed E-state index contributed by atoms with van der Waals surface area (Å²) in [5, 5.41) is 0. The molecule has 0 aromatic rings. The molecule has 1 aliphatic carbocycles. The highest BCUT2D eigenvalue weighted by Gasteiger charge is 2.89. The van der Waals surface area contributed by atoms with Gasteiger partial charge < -0.3 is 0 Å². The minimum Gasteiger partial charge on any atom is -0.171 e. The van der Waals surface area contributed by atoms with Gasteiger partial charge in [-0.05, 0) is 0 Å². The van der Waals surface area contributed by atoms with Gasteiger partial charge in [-0.25, -0.2) is 0 Å². The van der Waals surface area contributed by atoms with Crippen LogP contribution in [-0.2, 0) is 0 Å². The van der Waals surface area contributed by atoms with Crippen molar-refractivity contribution in [2.24, 2.45) is 17.3 Å². The van der Waals surface area contributed by atoms with Crippen molar-refractivity contribution in [2.75, 3.05) is 0 Å². The fourth-order valence-electron chi connectivity index (χ4n) is 2.20. The smallest absolute Gasteiger partial charge is 0.171 e. The van der Waals surface area contributed by atoms with E-state index in [0.29, 0.717) is 6.92 Å². The quantitative estimate of drug-likeness (QED) is 0.490. The van der Waals surface area contributed by atoms with Crippen LogP contribution in [0.2, 0.25) is 0 Å². The molecule has 0 aliphatic heterocycles. The molecule has 0 spiro atoms. The van der Waals surface area contributed by atoms with Crippen LogP contribution in [0.1, 0.15) is 13.8 Å². The molecule has 1 aliphatic rings. The predicted octanol–water partition coefficient (Wildman–Crippen LogP) is 4.56. The highest BCUT2D eigenvalue weighted by atomic mass is 35.5. The van der Waals surface area contributed by atoms with Gasteiger partial charge in [-0.15, -0.1) is 23.2 Å². The van der Waals surface area contributed by atoms with E-state index in [1.165, 1.54) is 0 Å². The topological polar surface area (TPSA) is 0 Å². The maximum absolute atomic E-state index is 12.8. The normalized spacial score (nSPS) is 36.0. The third kappa shape index (κ3) is 1.52. The van der Waals surface area contributed by atoms with Gasteiger partial charge in [0.1, 0.15) is 9.75 Å². The Labute approximate surface area is 97.9 Å². The second kappa shape index (κ2) is 3.34. The molecule has 0 nitrogen and oxygen atoms in total. The average molecular weight is 289 g/mol. The molecule has 1 fully saturated rings. The Balaban J connectivity index is 3.23. The van der Waals surface area contributed by atoms with Crippen LogP contribution in [0.25, 0.3) is 0 Å². The molecule has 0 amide bonds. The SMILES string of the molecule is CC(C(F)(F)F)C1(C(F)(F)F)C(C)C1(Cl)Cl. The molecule has 3 atom stereocenters. The summed E-state index contributed by atoms with van der Waals surface area (Å²) in [4.78, 5) is 0. The van der Waals surface area contributed by atoms with Gasteiger partial charge in [-0.2, -0.15) is 26.3 Å². The highest BCUT2D eigenvalue weighted by Crippen LogP contribution is 2.79. The molecule has 0 radical (unpaired) electrons. The molecule has 1 saturated carbocycles. The number of hydrogen-bond donors (Lipinski definition) is 0. The van der Waals surface area contributed by atoms with Crippen molar-refractivity contribution in [3.8, 4) is 0 Å². The van der Waals surface area contributed by atoms with Crippen molar-refractivity contribution >= 4 is 23.2 Å². The molecule has 8 heteroatoms. The Morgan fingerprint density at radius 1 is 1.06 bits per heavy atom. The largest absolute Gasteiger partial charge is 0.398 e. The molecular weight excluding hydrogens is 281 g/mol. The van der Waals surface area contributed by atoms with Crippen LogP contribution in [0, 0.1) is 17.3 Å². The Morgan fingerprint density at radius 3 is 1.44 bits per heavy atom. The first kappa shape index (κ1) is 14.2. The fraction of sp³-hybridized carbons (Fsp3) is 1.00. The second-order valence-electron chi connectivity index (χ2n) is 3.97. The van der Waals surface area contributed by atoms with Crippen LogP contribution in [0.4, 0.5) is 26.3 Å². The second-order valence-corrected chi connectivity index (χ2v) is 5.36. The van der Waals surface area contributed by atoms with Gasteiger partial charge in [-0.1, -0.05) is 13.8 Å². The van der Waals surface area contributed by atoms with Crippen molar-refractivity contribution in [3.05, 3.63) is 0 Å². The van der Waals surface area contributed by atoms with Crippen LogP contribution in [0.3, 0.4) is 0 Å². The van der Waals surface area contributed by atoms with E-state index in [1.807, 2.05) is 0 Å². The van der Waals surface area contributed by atoms with Crippen molar-refractivity contribution in [3.63, 3.8) is 0 Å². The van der Waals surface area contributed by atoms with E-state index in [0.717, 1.165) is 6.92 Å². The molecule has 3 unspecified atom stereocenters. The van der Waals surface area contributed by atoms with Crippen LogP contribution < -0.4 is 0 Å². The first-order valence-corrected chi connectivity index (χ1v) is 5.08. The number of rotatable bonds is 1. The molecule has 96 valence electrons. The van der Waals surface area contributed by atoms with Crippen LogP contribution >= 0.6 is 23.2 Å². The lowest BCUT2D eigenvalue weighted by atomic mass is 9.87. The summed E-state index contributed by atoms with van der Waals surface area (Å²) in [6.07, 6.45) is -10.1. The highest BCUT2D eigenvalue weighted by molar-refractivity contribution is 6.52. The lowest BCUT2D eigenvalue weighted by Crippen LogP contribution is -2.43. The summed E-state index contributed by atoms with van der Waals surface area (Å²) in [5.74, 6) is -4.12. The first-order valence-electron chi connectivity index (χ1n) is 4.32. The molecule has 1 rings (SSSR count). The number of hydrogen-bond acceptors (Lipinski definition) is 0. The van der Waals surface area contributed by atoms with Gasteiger partial charge in [0.2, 0.25) is 0 Å². The Morgan fingerprint density at radius 2 is 1.38 bits per heavy atom. The average Bonchev–Trinajstić information content (AvgIpc) is 2.43. The molecule has 0 bridgehead atoms. The molecule has 0 N–H and O–H groups in total. The van der Waals surface area contributed by atoms with Crippen molar-refractivity contribution in [1.82, 2.24) is 0 Å². The molecule has 0 heterocycles. The lowest BCUT2D eigenvalue weighted by molar-refractivity contribution is -0.265. The Bertz CT molecular complexity index is 282. The summed E-state index contributed by atoms with van der Waals surface area (Å²) in [6, 6.07) is 0. The van der Waals surface area contributed by atoms with E-state index < -0.39 is 33.9 Å². The van der Waals surface area contributed by atoms with Crippen molar-refractivity contribution in [2.45, 2.75) is 30.5 Å². The zero-order valence-electron chi connectivity index (χ0n) is 8.18. The maximum atomic E-state index is 12.8. The van der Waals surface area contributed by atoms with Gasteiger partial charge in [0, 0.05) is 5.92 Å². The summed E-state index contributed by atoms with van der Waals surface area (Å²) in [6.45, 7) is 1.42. The minimum atomic E-state index is -5.09. The van der Waals surface area contributed by atoms with Gasteiger partial charge in [0.25, 0.3) is 0 Å². The van der Waals surface area contributed by atoms with E-state index in [-0.39, 0.29) is 0 Å². The van der Waals surface area contributed by atoms with Crippen LogP contribution in [0.5, 0.6) is 0 Å². The summed E-state index contributed by atoms with van der Waals surface area (Å²) in [7, 11) is 0. The van der Waals surface area contributed by atoms with Crippen LogP contribution in [-0.4, -0.2) is 16.7 Å². The fourth-order valence-corrected chi connectivity index (χ4v) is 3.30. The zero-order chi connectivity index (χ0) is 13.2. The monoisotopic (exact) mass is 288 g/mol. The maximum Gasteiger partial charge on any atom is 0.398 e. The number of alkyl halides is 8. The minimum absolute atomic E-state index is 0.455. The summed E-state index contributed by atoms with van der Waals surface area (Å²) < 4.78 is 73.1. The van der Waals surface area contributed by atoms with Gasteiger partial charge in [0.15, 0.2) is 0 Å². The van der Waals surface area contributed by atoms with E-state index >= 15 is 0 Å². The van der Waals surface area contributed by atoms with Crippen LogP contribution in [0.15, 0.2) is 0 Å². The zero-order valence-corrected chi connectivity index (χ0v) is 9.69. The predicted molar refractivity (Wildman–Crippen MR) is 47.3 cm³/mol. The van der Waals surface area contributed by atoms with Crippen molar-refractivity contribution < 1.29 is 26.3 Å². The molecule has 16 heavy (non-hydrogen) atoms. The van der Waals surface area contributed by atoms with E-state index in [2.05, 4.69) is 0 Å². The van der Waals surface area contributed by atoms with Crippen molar-refractivity contribution in [1.29, 1.82) is 0 Å². The third-order valence-corrected chi connectivity index (χ3v) is 4.62. The third-order valence-electron chi connectivity index (χ3n) is 3.34. The summed E-state index contributed by atoms with van der Waals surface area (Å²) >= 11 is 10.7. The van der Waals surface area contributed by atoms with E-state index in [4.69, 9.17) is 23.2 Å².